The fourth-order valence-electron chi connectivity index (χ4n) is 1.63. The van der Waals surface area contributed by atoms with Crippen LogP contribution in [-0.4, -0.2) is 49.8 Å². The highest BCUT2D eigenvalue weighted by Gasteiger charge is 2.19. The average Bonchev–Trinajstić information content (AvgIpc) is 2.29. The molecule has 1 heterocycles. The summed E-state index contributed by atoms with van der Waals surface area (Å²) in [6.07, 6.45) is 1.05. The van der Waals surface area contributed by atoms with Gasteiger partial charge in [-0.3, -0.25) is 9.69 Å². The van der Waals surface area contributed by atoms with E-state index in [1.807, 2.05) is 6.92 Å². The van der Waals surface area contributed by atoms with Crippen LogP contribution in [0.2, 0.25) is 0 Å². The van der Waals surface area contributed by atoms with Gasteiger partial charge in [-0.25, -0.2) is 0 Å². The van der Waals surface area contributed by atoms with Gasteiger partial charge in [0.05, 0.1) is 19.8 Å². The summed E-state index contributed by atoms with van der Waals surface area (Å²) in [6, 6.07) is 0. The molecule has 16 heavy (non-hydrogen) atoms. The van der Waals surface area contributed by atoms with Gasteiger partial charge in [-0.1, -0.05) is 20.3 Å². The van der Waals surface area contributed by atoms with Gasteiger partial charge >= 0.3 is 5.97 Å². The van der Waals surface area contributed by atoms with Crippen LogP contribution in [0.15, 0.2) is 0 Å². The lowest BCUT2D eigenvalue weighted by atomic mass is 10.0. The van der Waals surface area contributed by atoms with Gasteiger partial charge in [0.15, 0.2) is 0 Å². The van der Waals surface area contributed by atoms with Crippen molar-refractivity contribution in [2.75, 3.05) is 32.8 Å². The van der Waals surface area contributed by atoms with Crippen molar-refractivity contribution in [2.45, 2.75) is 33.3 Å². The standard InChI is InChI=1S/C12H23NO3/c1-4-10(2)11(3)16-12(14)9-13-5-7-15-8-6-13/h10-11H,4-9H2,1-3H3/t10-,11+/m1/s1. The molecule has 0 aliphatic carbocycles. The summed E-state index contributed by atoms with van der Waals surface area (Å²) in [4.78, 5) is 13.7. The predicted octanol–water partition coefficient (Wildman–Crippen LogP) is 1.30. The molecule has 4 heteroatoms. The number of nitrogens with zero attached hydrogens (tertiary/aromatic N) is 1. The molecule has 2 atom stereocenters. The van der Waals surface area contributed by atoms with Gasteiger partial charge in [-0.15, -0.1) is 0 Å². The maximum Gasteiger partial charge on any atom is 0.320 e. The maximum absolute atomic E-state index is 11.6. The first-order chi connectivity index (χ1) is 7.63. The Bertz CT molecular complexity index is 208. The third-order valence-corrected chi connectivity index (χ3v) is 3.22. The summed E-state index contributed by atoms with van der Waals surface area (Å²) < 4.78 is 10.6. The van der Waals surface area contributed by atoms with Gasteiger partial charge < -0.3 is 9.47 Å². The zero-order valence-electron chi connectivity index (χ0n) is 10.6. The molecule has 1 fully saturated rings. The van der Waals surface area contributed by atoms with Gasteiger partial charge in [0.1, 0.15) is 6.10 Å². The molecule has 0 N–H and O–H groups in total. The number of rotatable bonds is 5. The van der Waals surface area contributed by atoms with Crippen LogP contribution < -0.4 is 0 Å². The number of morpholine rings is 1. The molecule has 0 aromatic rings. The molecule has 0 spiro atoms. The maximum atomic E-state index is 11.6. The van der Waals surface area contributed by atoms with Crippen molar-refractivity contribution in [2.24, 2.45) is 5.92 Å². The van der Waals surface area contributed by atoms with Crippen LogP contribution in [0, 0.1) is 5.92 Å². The highest BCUT2D eigenvalue weighted by molar-refractivity contribution is 5.71. The number of carbonyl (C=O) groups excluding carboxylic acids is 1. The molecule has 0 saturated carbocycles. The predicted molar refractivity (Wildman–Crippen MR) is 62.3 cm³/mol. The molecular weight excluding hydrogens is 206 g/mol. The summed E-state index contributed by atoms with van der Waals surface area (Å²) in [5.74, 6) is 0.309. The molecule has 94 valence electrons. The quantitative estimate of drug-likeness (QED) is 0.666. The summed E-state index contributed by atoms with van der Waals surface area (Å²) in [5, 5.41) is 0. The van der Waals surface area contributed by atoms with E-state index in [4.69, 9.17) is 9.47 Å². The molecule has 0 radical (unpaired) electrons. The molecule has 1 saturated heterocycles. The van der Waals surface area contributed by atoms with Crippen molar-refractivity contribution < 1.29 is 14.3 Å². The lowest BCUT2D eigenvalue weighted by molar-refractivity contribution is -0.152. The lowest BCUT2D eigenvalue weighted by Gasteiger charge is -2.27. The van der Waals surface area contributed by atoms with Crippen molar-refractivity contribution in [1.29, 1.82) is 0 Å². The van der Waals surface area contributed by atoms with Gasteiger partial charge in [0.2, 0.25) is 0 Å². The number of hydrogen-bond donors (Lipinski definition) is 0. The smallest absolute Gasteiger partial charge is 0.320 e. The Morgan fingerprint density at radius 3 is 2.56 bits per heavy atom. The Morgan fingerprint density at radius 2 is 2.00 bits per heavy atom. The van der Waals surface area contributed by atoms with Crippen molar-refractivity contribution in [1.82, 2.24) is 4.90 Å². The van der Waals surface area contributed by atoms with Crippen LogP contribution >= 0.6 is 0 Å². The summed E-state index contributed by atoms with van der Waals surface area (Å²) in [7, 11) is 0. The van der Waals surface area contributed by atoms with E-state index >= 15 is 0 Å². The summed E-state index contributed by atoms with van der Waals surface area (Å²) in [5.41, 5.74) is 0. The Kier molecular flexibility index (Phi) is 5.77. The van der Waals surface area contributed by atoms with Crippen molar-refractivity contribution in [3.8, 4) is 0 Å². The Labute approximate surface area is 97.9 Å². The lowest BCUT2D eigenvalue weighted by Crippen LogP contribution is -2.41. The Hall–Kier alpha value is -0.610. The number of ether oxygens (including phenoxy) is 2. The minimum Gasteiger partial charge on any atom is -0.461 e. The fourth-order valence-corrected chi connectivity index (χ4v) is 1.63. The minimum absolute atomic E-state index is 0.0125. The first-order valence-electron chi connectivity index (χ1n) is 6.13. The molecule has 0 bridgehead atoms. The number of esters is 1. The van der Waals surface area contributed by atoms with Gasteiger partial charge in [-0.05, 0) is 12.8 Å². The second kappa shape index (κ2) is 6.86. The van der Waals surface area contributed by atoms with E-state index < -0.39 is 0 Å². The second-order valence-corrected chi connectivity index (χ2v) is 4.47. The van der Waals surface area contributed by atoms with Crippen LogP contribution in [0.1, 0.15) is 27.2 Å². The molecule has 1 aliphatic heterocycles. The molecule has 1 aliphatic rings. The molecule has 0 unspecified atom stereocenters. The zero-order valence-corrected chi connectivity index (χ0v) is 10.6. The topological polar surface area (TPSA) is 38.8 Å². The summed E-state index contributed by atoms with van der Waals surface area (Å²) >= 11 is 0. The van der Waals surface area contributed by atoms with Crippen LogP contribution in [0.25, 0.3) is 0 Å². The molecule has 0 aromatic carbocycles. The Morgan fingerprint density at radius 1 is 1.38 bits per heavy atom. The highest BCUT2D eigenvalue weighted by Crippen LogP contribution is 2.11. The third kappa shape index (κ3) is 4.49. The fraction of sp³-hybridized carbons (Fsp3) is 0.917. The average molecular weight is 229 g/mol. The van der Waals surface area contributed by atoms with Crippen LogP contribution in [0.5, 0.6) is 0 Å². The van der Waals surface area contributed by atoms with E-state index in [2.05, 4.69) is 18.7 Å². The van der Waals surface area contributed by atoms with Crippen LogP contribution in [0.3, 0.4) is 0 Å². The van der Waals surface area contributed by atoms with Crippen LogP contribution in [0.4, 0.5) is 0 Å². The van der Waals surface area contributed by atoms with E-state index in [1.165, 1.54) is 0 Å². The first kappa shape index (κ1) is 13.5. The van der Waals surface area contributed by atoms with E-state index in [-0.39, 0.29) is 12.1 Å². The summed E-state index contributed by atoms with van der Waals surface area (Å²) in [6.45, 7) is 9.65. The largest absolute Gasteiger partial charge is 0.461 e. The van der Waals surface area contributed by atoms with E-state index in [9.17, 15) is 4.79 Å². The monoisotopic (exact) mass is 229 g/mol. The van der Waals surface area contributed by atoms with Gasteiger partial charge in [-0.2, -0.15) is 0 Å². The normalized spacial score (nSPS) is 21.4. The number of hydrogen-bond acceptors (Lipinski definition) is 4. The zero-order chi connectivity index (χ0) is 12.0. The first-order valence-corrected chi connectivity index (χ1v) is 6.13. The molecule has 0 aromatic heterocycles. The van der Waals surface area contributed by atoms with E-state index in [0.717, 1.165) is 19.5 Å². The third-order valence-electron chi connectivity index (χ3n) is 3.22. The molecular formula is C12H23NO3. The van der Waals surface area contributed by atoms with Gasteiger partial charge in [0.25, 0.3) is 0 Å². The molecule has 0 amide bonds. The van der Waals surface area contributed by atoms with Crippen molar-refractivity contribution in [3.63, 3.8) is 0 Å². The second-order valence-electron chi connectivity index (χ2n) is 4.47. The Balaban J connectivity index is 2.23. The SMILES string of the molecule is CC[C@@H](C)[C@H](C)OC(=O)CN1CCOCC1. The minimum atomic E-state index is -0.116. The van der Waals surface area contributed by atoms with E-state index in [1.54, 1.807) is 0 Å². The van der Waals surface area contributed by atoms with Crippen molar-refractivity contribution in [3.05, 3.63) is 0 Å². The molecule has 4 nitrogen and oxygen atoms in total. The van der Waals surface area contributed by atoms with E-state index in [0.29, 0.717) is 25.7 Å². The van der Waals surface area contributed by atoms with Crippen LogP contribution in [-0.2, 0) is 14.3 Å². The number of carbonyl (C=O) groups is 1. The molecule has 1 rings (SSSR count). The van der Waals surface area contributed by atoms with Crippen molar-refractivity contribution >= 4 is 5.97 Å². The van der Waals surface area contributed by atoms with Gasteiger partial charge in [0, 0.05) is 13.1 Å². The highest BCUT2D eigenvalue weighted by atomic mass is 16.5.